The molecule has 12 heteroatoms. The van der Waals surface area contributed by atoms with E-state index in [1.54, 1.807) is 20.8 Å². The van der Waals surface area contributed by atoms with Gasteiger partial charge in [-0.2, -0.15) is 4.31 Å². The van der Waals surface area contributed by atoms with Crippen LogP contribution >= 0.6 is 0 Å². The third-order valence-electron chi connectivity index (χ3n) is 5.22. The second kappa shape index (κ2) is 10.5. The van der Waals surface area contributed by atoms with Crippen molar-refractivity contribution in [3.63, 3.8) is 0 Å². The van der Waals surface area contributed by atoms with Gasteiger partial charge in [-0.3, -0.25) is 4.79 Å². The topological polar surface area (TPSA) is 132 Å². The molecule has 1 aromatic heterocycles. The summed E-state index contributed by atoms with van der Waals surface area (Å²) in [5, 5.41) is 0. The van der Waals surface area contributed by atoms with Crippen LogP contribution in [0.25, 0.3) is 0 Å². The molecule has 2 heterocycles. The van der Waals surface area contributed by atoms with Gasteiger partial charge in [0.15, 0.2) is 6.61 Å². The van der Waals surface area contributed by atoms with Gasteiger partial charge in [0.1, 0.15) is 10.7 Å². The zero-order chi connectivity index (χ0) is 25.0. The van der Waals surface area contributed by atoms with Crippen molar-refractivity contribution in [1.82, 2.24) is 9.29 Å². The summed E-state index contributed by atoms with van der Waals surface area (Å²) in [6.45, 7) is 4.70. The highest BCUT2D eigenvalue weighted by Gasteiger charge is 2.30. The van der Waals surface area contributed by atoms with Gasteiger partial charge in [-0.1, -0.05) is 0 Å². The Hall–Kier alpha value is -3.09. The zero-order valence-electron chi connectivity index (χ0n) is 19.0. The number of morpholine rings is 1. The second-order valence-corrected chi connectivity index (χ2v) is 9.41. The highest BCUT2D eigenvalue weighted by molar-refractivity contribution is 7.89. The van der Waals surface area contributed by atoms with Crippen LogP contribution in [-0.2, 0) is 24.2 Å². The average molecular weight is 497 g/mol. The van der Waals surface area contributed by atoms with Crippen molar-refractivity contribution < 1.29 is 41.4 Å². The van der Waals surface area contributed by atoms with Gasteiger partial charge >= 0.3 is 11.9 Å². The maximum atomic E-state index is 14.4. The van der Waals surface area contributed by atoms with Crippen LogP contribution in [0.1, 0.15) is 49.4 Å². The van der Waals surface area contributed by atoms with Gasteiger partial charge < -0.3 is 19.2 Å². The first kappa shape index (κ1) is 25.5. The van der Waals surface area contributed by atoms with Crippen molar-refractivity contribution in [3.05, 3.63) is 52.1 Å². The van der Waals surface area contributed by atoms with Crippen LogP contribution < -0.4 is 0 Å². The van der Waals surface area contributed by atoms with Crippen LogP contribution in [0.15, 0.2) is 23.1 Å². The number of halogens is 1. The SMILES string of the molecule is CCOC(=O)c1c(C)[nH]c(C)c1C(=O)COC(=O)c1ccc(F)c(S(=O)(=O)N2CCOCC2)c1. The van der Waals surface area contributed by atoms with E-state index in [0.717, 1.165) is 22.5 Å². The number of ketones is 1. The van der Waals surface area contributed by atoms with Crippen LogP contribution in [0.2, 0.25) is 0 Å². The number of Topliss-reactive ketones (excluding diaryl/α,β-unsaturated/α-hetero) is 1. The molecule has 1 aliphatic rings. The number of esters is 2. The number of hydrogen-bond acceptors (Lipinski definition) is 8. The minimum absolute atomic E-state index is 0.0402. The van der Waals surface area contributed by atoms with Crippen LogP contribution in [-0.4, -0.2) is 74.9 Å². The van der Waals surface area contributed by atoms with E-state index >= 15 is 0 Å². The van der Waals surface area contributed by atoms with E-state index in [1.807, 2.05) is 0 Å². The molecule has 0 atom stereocenters. The molecule has 3 rings (SSSR count). The van der Waals surface area contributed by atoms with Gasteiger partial charge in [-0.25, -0.2) is 22.4 Å². The summed E-state index contributed by atoms with van der Waals surface area (Å²) in [5.74, 6) is -3.37. The Morgan fingerprint density at radius 1 is 1.06 bits per heavy atom. The largest absolute Gasteiger partial charge is 0.462 e. The number of H-pyrrole nitrogens is 1. The molecule has 0 aliphatic carbocycles. The predicted molar refractivity (Wildman–Crippen MR) is 117 cm³/mol. The molecule has 0 radical (unpaired) electrons. The molecule has 10 nitrogen and oxygen atoms in total. The maximum Gasteiger partial charge on any atom is 0.340 e. The minimum atomic E-state index is -4.20. The normalized spacial score (nSPS) is 14.6. The summed E-state index contributed by atoms with van der Waals surface area (Å²) < 4.78 is 56.2. The molecule has 1 N–H and O–H groups in total. The number of nitrogens with zero attached hydrogens (tertiary/aromatic N) is 1. The van der Waals surface area contributed by atoms with Crippen molar-refractivity contribution in [3.8, 4) is 0 Å². The highest BCUT2D eigenvalue weighted by atomic mass is 32.2. The van der Waals surface area contributed by atoms with Crippen molar-refractivity contribution >= 4 is 27.7 Å². The van der Waals surface area contributed by atoms with Crippen LogP contribution in [0.4, 0.5) is 4.39 Å². The Bertz CT molecular complexity index is 1220. The first-order valence-corrected chi connectivity index (χ1v) is 12.0. The fourth-order valence-corrected chi connectivity index (χ4v) is 5.13. The maximum absolute atomic E-state index is 14.4. The van der Waals surface area contributed by atoms with Gasteiger partial charge in [0.2, 0.25) is 15.8 Å². The summed E-state index contributed by atoms with van der Waals surface area (Å²) in [6.07, 6.45) is 0. The zero-order valence-corrected chi connectivity index (χ0v) is 19.8. The van der Waals surface area contributed by atoms with Gasteiger partial charge in [0, 0.05) is 24.5 Å². The number of rotatable bonds is 8. The lowest BCUT2D eigenvalue weighted by molar-refractivity contribution is 0.0471. The van der Waals surface area contributed by atoms with Gasteiger partial charge in [-0.05, 0) is 39.0 Å². The highest BCUT2D eigenvalue weighted by Crippen LogP contribution is 2.23. The fraction of sp³-hybridized carbons (Fsp3) is 0.409. The summed E-state index contributed by atoms with van der Waals surface area (Å²) in [7, 11) is -4.20. The van der Waals surface area contributed by atoms with E-state index in [1.165, 1.54) is 0 Å². The third kappa shape index (κ3) is 5.18. The molecule has 0 bridgehead atoms. The van der Waals surface area contributed by atoms with E-state index in [2.05, 4.69) is 4.98 Å². The Morgan fingerprint density at radius 3 is 2.35 bits per heavy atom. The second-order valence-electron chi connectivity index (χ2n) is 7.51. The van der Waals surface area contributed by atoms with Crippen LogP contribution in [0, 0.1) is 19.7 Å². The number of aromatic nitrogens is 1. The summed E-state index contributed by atoms with van der Waals surface area (Å²) in [6, 6.07) is 2.79. The number of hydrogen-bond donors (Lipinski definition) is 1. The fourth-order valence-electron chi connectivity index (χ4n) is 3.63. The summed E-state index contributed by atoms with van der Waals surface area (Å²) in [4.78, 5) is 39.8. The number of nitrogens with one attached hydrogen (secondary N) is 1. The Balaban J connectivity index is 1.78. The van der Waals surface area contributed by atoms with Gasteiger partial charge in [0.25, 0.3) is 0 Å². The monoisotopic (exact) mass is 496 g/mol. The third-order valence-corrected chi connectivity index (χ3v) is 7.14. The van der Waals surface area contributed by atoms with Crippen molar-refractivity contribution in [2.75, 3.05) is 39.5 Å². The quantitative estimate of drug-likeness (QED) is 0.434. The summed E-state index contributed by atoms with van der Waals surface area (Å²) in [5.41, 5.74) is 0.692. The van der Waals surface area contributed by atoms with E-state index < -0.39 is 45.1 Å². The molecule has 1 fully saturated rings. The standard InChI is InChI=1S/C22H25FN2O8S/c1-4-32-22(28)20-14(3)24-13(2)19(20)17(26)12-33-21(27)15-5-6-16(23)18(11-15)34(29,30)25-7-9-31-10-8-25/h5-6,11,24H,4,7-10,12H2,1-3H3. The molecular weight excluding hydrogens is 471 g/mol. The average Bonchev–Trinajstić information content (AvgIpc) is 3.11. The minimum Gasteiger partial charge on any atom is -0.462 e. The first-order chi connectivity index (χ1) is 16.1. The number of aromatic amines is 1. The molecule has 2 aromatic rings. The van der Waals surface area contributed by atoms with Crippen molar-refractivity contribution in [2.45, 2.75) is 25.7 Å². The first-order valence-electron chi connectivity index (χ1n) is 10.5. The van der Waals surface area contributed by atoms with Crippen LogP contribution in [0.5, 0.6) is 0 Å². The number of sulfonamides is 1. The van der Waals surface area contributed by atoms with E-state index in [0.29, 0.717) is 11.4 Å². The molecule has 34 heavy (non-hydrogen) atoms. The smallest absolute Gasteiger partial charge is 0.340 e. The number of carbonyl (C=O) groups is 3. The lowest BCUT2D eigenvalue weighted by Crippen LogP contribution is -2.41. The molecule has 184 valence electrons. The molecular formula is C22H25FN2O8S. The Labute approximate surface area is 196 Å². The van der Waals surface area contributed by atoms with E-state index in [9.17, 15) is 27.2 Å². The number of aryl methyl sites for hydroxylation is 2. The lowest BCUT2D eigenvalue weighted by Gasteiger charge is -2.26. The molecule has 0 amide bonds. The Kier molecular flexibility index (Phi) is 7.85. The Morgan fingerprint density at radius 2 is 1.71 bits per heavy atom. The summed E-state index contributed by atoms with van der Waals surface area (Å²) >= 11 is 0. The molecule has 1 aromatic carbocycles. The molecule has 1 saturated heterocycles. The van der Waals surface area contributed by atoms with Crippen molar-refractivity contribution in [1.29, 1.82) is 0 Å². The molecule has 0 unspecified atom stereocenters. The van der Waals surface area contributed by atoms with Crippen molar-refractivity contribution in [2.24, 2.45) is 0 Å². The lowest BCUT2D eigenvalue weighted by atomic mass is 10.1. The number of benzene rings is 1. The number of ether oxygens (including phenoxy) is 3. The van der Waals surface area contributed by atoms with Crippen LogP contribution in [0.3, 0.4) is 0 Å². The predicted octanol–water partition coefficient (Wildman–Crippen LogP) is 2.01. The number of carbonyl (C=O) groups excluding carboxylic acids is 3. The van der Waals surface area contributed by atoms with Gasteiger partial charge in [0.05, 0.1) is 36.5 Å². The van der Waals surface area contributed by atoms with E-state index in [4.69, 9.17) is 14.2 Å². The van der Waals surface area contributed by atoms with E-state index in [-0.39, 0.29) is 49.6 Å². The molecule has 0 spiro atoms. The molecule has 1 aliphatic heterocycles. The van der Waals surface area contributed by atoms with Gasteiger partial charge in [-0.15, -0.1) is 0 Å². The molecule has 0 saturated carbocycles.